The van der Waals surface area contributed by atoms with Crippen LogP contribution in [0.3, 0.4) is 0 Å². The van der Waals surface area contributed by atoms with Gasteiger partial charge >= 0.3 is 0 Å². The van der Waals surface area contributed by atoms with Crippen molar-refractivity contribution < 1.29 is 14.8 Å². The topological polar surface area (TPSA) is 92.5 Å². The SMILES string of the molecule is CCC(C)(CCO)NC(=O)c1cccc([N+](=O)[O-])c1. The Labute approximate surface area is 111 Å². The summed E-state index contributed by atoms with van der Waals surface area (Å²) in [6.07, 6.45) is 1.10. The van der Waals surface area contributed by atoms with Crippen molar-refractivity contribution in [1.82, 2.24) is 5.32 Å². The van der Waals surface area contributed by atoms with Crippen LogP contribution in [0, 0.1) is 10.1 Å². The van der Waals surface area contributed by atoms with Crippen molar-refractivity contribution in [1.29, 1.82) is 0 Å². The Morgan fingerprint density at radius 3 is 2.74 bits per heavy atom. The van der Waals surface area contributed by atoms with E-state index in [4.69, 9.17) is 5.11 Å². The number of hydrogen-bond donors (Lipinski definition) is 2. The number of carbonyl (C=O) groups excluding carboxylic acids is 1. The monoisotopic (exact) mass is 266 g/mol. The summed E-state index contributed by atoms with van der Waals surface area (Å²) in [6.45, 7) is 3.71. The minimum absolute atomic E-state index is 0.0282. The van der Waals surface area contributed by atoms with Gasteiger partial charge in [-0.05, 0) is 25.8 Å². The normalized spacial score (nSPS) is 13.6. The van der Waals surface area contributed by atoms with Gasteiger partial charge in [0, 0.05) is 29.8 Å². The van der Waals surface area contributed by atoms with Crippen LogP contribution in [-0.2, 0) is 0 Å². The second-order valence-electron chi connectivity index (χ2n) is 4.65. The fourth-order valence-corrected chi connectivity index (χ4v) is 1.68. The quantitative estimate of drug-likeness (QED) is 0.607. The summed E-state index contributed by atoms with van der Waals surface area (Å²) in [7, 11) is 0. The number of nitrogens with one attached hydrogen (secondary N) is 1. The minimum Gasteiger partial charge on any atom is -0.396 e. The molecular formula is C13H18N2O4. The van der Waals surface area contributed by atoms with Crippen LogP contribution < -0.4 is 5.32 Å². The van der Waals surface area contributed by atoms with E-state index < -0.39 is 10.5 Å². The molecule has 2 N–H and O–H groups in total. The molecule has 1 atom stereocenters. The maximum Gasteiger partial charge on any atom is 0.270 e. The predicted molar refractivity (Wildman–Crippen MR) is 71.0 cm³/mol. The zero-order chi connectivity index (χ0) is 14.5. The van der Waals surface area contributed by atoms with Crippen molar-refractivity contribution in [3.8, 4) is 0 Å². The van der Waals surface area contributed by atoms with E-state index in [-0.39, 0.29) is 23.8 Å². The zero-order valence-electron chi connectivity index (χ0n) is 11.0. The molecule has 0 bridgehead atoms. The number of benzene rings is 1. The summed E-state index contributed by atoms with van der Waals surface area (Å²) in [5, 5.41) is 22.5. The molecular weight excluding hydrogens is 248 g/mol. The molecule has 6 heteroatoms. The van der Waals surface area contributed by atoms with E-state index >= 15 is 0 Å². The van der Waals surface area contributed by atoms with Crippen LogP contribution in [0.15, 0.2) is 24.3 Å². The highest BCUT2D eigenvalue weighted by atomic mass is 16.6. The largest absolute Gasteiger partial charge is 0.396 e. The van der Waals surface area contributed by atoms with Gasteiger partial charge in [-0.15, -0.1) is 0 Å². The molecule has 1 rings (SSSR count). The number of carbonyl (C=O) groups is 1. The van der Waals surface area contributed by atoms with E-state index in [0.717, 1.165) is 0 Å². The third kappa shape index (κ3) is 4.03. The van der Waals surface area contributed by atoms with E-state index in [1.807, 2.05) is 13.8 Å². The Morgan fingerprint density at radius 2 is 2.21 bits per heavy atom. The molecule has 0 saturated heterocycles. The minimum atomic E-state index is -0.538. The lowest BCUT2D eigenvalue weighted by atomic mass is 9.94. The highest BCUT2D eigenvalue weighted by Gasteiger charge is 2.24. The predicted octanol–water partition coefficient (Wildman–Crippen LogP) is 1.88. The number of nitrogens with zero attached hydrogens (tertiary/aromatic N) is 1. The smallest absolute Gasteiger partial charge is 0.270 e. The summed E-state index contributed by atoms with van der Waals surface area (Å²) in [4.78, 5) is 22.2. The number of aliphatic hydroxyl groups excluding tert-OH is 1. The second-order valence-corrected chi connectivity index (χ2v) is 4.65. The van der Waals surface area contributed by atoms with Crippen molar-refractivity contribution in [3.63, 3.8) is 0 Å². The molecule has 1 amide bonds. The lowest BCUT2D eigenvalue weighted by molar-refractivity contribution is -0.384. The van der Waals surface area contributed by atoms with Gasteiger partial charge < -0.3 is 10.4 Å². The number of non-ortho nitro benzene ring substituents is 1. The lowest BCUT2D eigenvalue weighted by Gasteiger charge is -2.29. The Morgan fingerprint density at radius 1 is 1.53 bits per heavy atom. The summed E-state index contributed by atoms with van der Waals surface area (Å²) >= 11 is 0. The first-order chi connectivity index (χ1) is 8.91. The molecule has 0 saturated carbocycles. The average molecular weight is 266 g/mol. The van der Waals surface area contributed by atoms with Gasteiger partial charge in [0.2, 0.25) is 0 Å². The second kappa shape index (κ2) is 6.29. The highest BCUT2D eigenvalue weighted by Crippen LogP contribution is 2.17. The summed E-state index contributed by atoms with van der Waals surface area (Å²) in [6, 6.07) is 5.58. The van der Waals surface area contributed by atoms with Gasteiger partial charge in [0.1, 0.15) is 0 Å². The molecule has 1 aromatic carbocycles. The van der Waals surface area contributed by atoms with Crippen LogP contribution in [-0.4, -0.2) is 28.1 Å². The Kier molecular flexibility index (Phi) is 5.00. The molecule has 0 spiro atoms. The summed E-state index contributed by atoms with van der Waals surface area (Å²) in [5.41, 5.74) is -0.393. The Hall–Kier alpha value is -1.95. The highest BCUT2D eigenvalue weighted by molar-refractivity contribution is 5.95. The van der Waals surface area contributed by atoms with Gasteiger partial charge in [0.25, 0.3) is 11.6 Å². The fraction of sp³-hybridized carbons (Fsp3) is 0.462. The van der Waals surface area contributed by atoms with Crippen molar-refractivity contribution in [2.45, 2.75) is 32.2 Å². The number of nitro benzene ring substituents is 1. The molecule has 0 aliphatic carbocycles. The molecule has 1 unspecified atom stereocenters. The average Bonchev–Trinajstić information content (AvgIpc) is 2.39. The molecule has 0 aliphatic heterocycles. The van der Waals surface area contributed by atoms with E-state index in [1.54, 1.807) is 0 Å². The molecule has 0 radical (unpaired) electrons. The van der Waals surface area contributed by atoms with Crippen molar-refractivity contribution in [3.05, 3.63) is 39.9 Å². The summed E-state index contributed by atoms with van der Waals surface area (Å²) < 4.78 is 0. The number of amides is 1. The number of nitro groups is 1. The first kappa shape index (κ1) is 15.1. The van der Waals surface area contributed by atoms with E-state index in [0.29, 0.717) is 12.8 Å². The summed E-state index contributed by atoms with van der Waals surface area (Å²) in [5.74, 6) is -0.374. The van der Waals surface area contributed by atoms with Crippen LogP contribution in [0.1, 0.15) is 37.0 Å². The maximum absolute atomic E-state index is 12.1. The molecule has 6 nitrogen and oxygen atoms in total. The van der Waals surface area contributed by atoms with Crippen LogP contribution in [0.5, 0.6) is 0 Å². The standard InChI is InChI=1S/C13H18N2O4/c1-3-13(2,7-8-16)14-12(17)10-5-4-6-11(9-10)15(18)19/h4-6,9,16H,3,7-8H2,1-2H3,(H,14,17). The van der Waals surface area contributed by atoms with E-state index in [9.17, 15) is 14.9 Å². The van der Waals surface area contributed by atoms with Crippen LogP contribution in [0.25, 0.3) is 0 Å². The molecule has 104 valence electrons. The van der Waals surface area contributed by atoms with E-state index in [2.05, 4.69) is 5.32 Å². The maximum atomic E-state index is 12.1. The Bertz CT molecular complexity index is 475. The van der Waals surface area contributed by atoms with Gasteiger partial charge in [0.05, 0.1) is 4.92 Å². The molecule has 0 heterocycles. The zero-order valence-corrected chi connectivity index (χ0v) is 11.0. The van der Waals surface area contributed by atoms with Crippen LogP contribution in [0.2, 0.25) is 0 Å². The van der Waals surface area contributed by atoms with Crippen LogP contribution >= 0.6 is 0 Å². The molecule has 0 aromatic heterocycles. The van der Waals surface area contributed by atoms with E-state index in [1.165, 1.54) is 24.3 Å². The fourth-order valence-electron chi connectivity index (χ4n) is 1.68. The van der Waals surface area contributed by atoms with Crippen molar-refractivity contribution >= 4 is 11.6 Å². The number of rotatable bonds is 6. The van der Waals surface area contributed by atoms with Crippen molar-refractivity contribution in [2.24, 2.45) is 0 Å². The van der Waals surface area contributed by atoms with Gasteiger partial charge in [-0.25, -0.2) is 0 Å². The van der Waals surface area contributed by atoms with Gasteiger partial charge in [0.15, 0.2) is 0 Å². The lowest BCUT2D eigenvalue weighted by Crippen LogP contribution is -2.46. The van der Waals surface area contributed by atoms with Gasteiger partial charge in [-0.1, -0.05) is 13.0 Å². The molecule has 0 fully saturated rings. The Balaban J connectivity index is 2.88. The number of aliphatic hydroxyl groups is 1. The third-order valence-electron chi connectivity index (χ3n) is 3.18. The molecule has 0 aliphatic rings. The van der Waals surface area contributed by atoms with Gasteiger partial charge in [-0.3, -0.25) is 14.9 Å². The van der Waals surface area contributed by atoms with Crippen LogP contribution in [0.4, 0.5) is 5.69 Å². The van der Waals surface area contributed by atoms with Gasteiger partial charge in [-0.2, -0.15) is 0 Å². The molecule has 1 aromatic rings. The molecule has 19 heavy (non-hydrogen) atoms. The number of hydrogen-bond acceptors (Lipinski definition) is 4. The van der Waals surface area contributed by atoms with Crippen molar-refractivity contribution in [2.75, 3.05) is 6.61 Å². The third-order valence-corrected chi connectivity index (χ3v) is 3.18. The first-order valence-corrected chi connectivity index (χ1v) is 6.09. The first-order valence-electron chi connectivity index (χ1n) is 6.09.